The van der Waals surface area contributed by atoms with Crippen LogP contribution in [0.25, 0.3) is 0 Å². The van der Waals surface area contributed by atoms with E-state index in [0.717, 1.165) is 6.26 Å². The third kappa shape index (κ3) is 6.28. The number of hydrogen-bond donors (Lipinski definition) is 2. The Morgan fingerprint density at radius 3 is 2.09 bits per heavy atom. The summed E-state index contributed by atoms with van der Waals surface area (Å²) in [5, 5.41) is 2.90. The van der Waals surface area contributed by atoms with Gasteiger partial charge in [-0.2, -0.15) is 0 Å². The van der Waals surface area contributed by atoms with Crippen LogP contribution < -0.4 is 10.0 Å². The molecule has 0 aliphatic carbocycles. The predicted octanol–water partition coefficient (Wildman–Crippen LogP) is -0.466. The average Bonchev–Trinajstić information content (AvgIpc) is 1.55. The summed E-state index contributed by atoms with van der Waals surface area (Å²) in [7, 11) is -1.31. The molecule has 0 aliphatic heterocycles. The fourth-order valence-electron chi connectivity index (χ4n) is 0.980. The molecule has 0 heterocycles. The second-order valence-electron chi connectivity index (χ2n) is 3.29. The predicted molar refractivity (Wildman–Crippen MR) is 46.0 cm³/mol. The molecule has 0 fully saturated rings. The van der Waals surface area contributed by atoms with Crippen molar-refractivity contribution in [3.8, 4) is 0 Å². The van der Waals surface area contributed by atoms with Crippen LogP contribution in [0, 0.1) is 0 Å². The highest BCUT2D eigenvalue weighted by Crippen LogP contribution is 2.00. The van der Waals surface area contributed by atoms with E-state index in [1.165, 1.54) is 0 Å². The van der Waals surface area contributed by atoms with Gasteiger partial charge in [0, 0.05) is 12.1 Å². The third-order valence-electron chi connectivity index (χ3n) is 1.08. The molecule has 0 aromatic heterocycles. The van der Waals surface area contributed by atoms with Crippen LogP contribution in [0.5, 0.6) is 0 Å². The number of hydrogen-bond acceptors (Lipinski definition) is 3. The van der Waals surface area contributed by atoms with Crippen LogP contribution in [-0.4, -0.2) is 33.8 Å². The zero-order valence-corrected chi connectivity index (χ0v) is 8.25. The molecule has 0 aromatic carbocycles. The maximum absolute atomic E-state index is 10.8. The number of nitrogens with one attached hydrogen (secondary N) is 2. The summed E-state index contributed by atoms with van der Waals surface area (Å²) in [6.07, 6.45) is 1.16. The monoisotopic (exact) mass is 180 g/mol. The molecule has 2 N–H and O–H groups in total. The van der Waals surface area contributed by atoms with Crippen LogP contribution in [0.15, 0.2) is 0 Å². The SMILES string of the molecule is CNCC(C)(C)NS(C)(=O)=O. The second-order valence-corrected chi connectivity index (χ2v) is 5.04. The van der Waals surface area contributed by atoms with Crippen molar-refractivity contribution in [3.63, 3.8) is 0 Å². The molecule has 4 nitrogen and oxygen atoms in total. The molecule has 0 aromatic rings. The van der Waals surface area contributed by atoms with Gasteiger partial charge in [0.1, 0.15) is 0 Å². The molecule has 11 heavy (non-hydrogen) atoms. The van der Waals surface area contributed by atoms with Gasteiger partial charge in [-0.05, 0) is 20.9 Å². The van der Waals surface area contributed by atoms with Gasteiger partial charge >= 0.3 is 0 Å². The molecule has 0 bridgehead atoms. The molecule has 68 valence electrons. The van der Waals surface area contributed by atoms with Crippen molar-refractivity contribution >= 4 is 10.0 Å². The van der Waals surface area contributed by atoms with Gasteiger partial charge in [0.2, 0.25) is 10.0 Å². The Hall–Kier alpha value is -0.130. The van der Waals surface area contributed by atoms with Crippen molar-refractivity contribution in [2.24, 2.45) is 0 Å². The van der Waals surface area contributed by atoms with E-state index in [9.17, 15) is 8.42 Å². The van der Waals surface area contributed by atoms with Gasteiger partial charge < -0.3 is 5.32 Å². The first kappa shape index (κ1) is 10.9. The molecule has 0 amide bonds. The Labute approximate surface area is 68.4 Å². The van der Waals surface area contributed by atoms with E-state index in [1.54, 1.807) is 7.05 Å². The molecule has 5 heteroatoms. The largest absolute Gasteiger partial charge is 0.318 e. The van der Waals surface area contributed by atoms with Crippen LogP contribution in [0.2, 0.25) is 0 Å². The van der Waals surface area contributed by atoms with Crippen molar-refractivity contribution in [2.75, 3.05) is 19.8 Å². The van der Waals surface area contributed by atoms with Crippen LogP contribution in [0.4, 0.5) is 0 Å². The first-order chi connectivity index (χ1) is 4.77. The summed E-state index contributed by atoms with van der Waals surface area (Å²) in [5.41, 5.74) is -0.414. The molecule has 0 saturated heterocycles. The van der Waals surface area contributed by atoms with E-state index in [0.29, 0.717) is 6.54 Å². The maximum atomic E-state index is 10.8. The van der Waals surface area contributed by atoms with E-state index in [2.05, 4.69) is 10.0 Å². The number of sulfonamides is 1. The number of rotatable bonds is 4. The van der Waals surface area contributed by atoms with Gasteiger partial charge in [-0.3, -0.25) is 0 Å². The van der Waals surface area contributed by atoms with Gasteiger partial charge in [-0.1, -0.05) is 0 Å². The minimum atomic E-state index is -3.09. The summed E-state index contributed by atoms with van der Waals surface area (Å²) in [6, 6.07) is 0. The van der Waals surface area contributed by atoms with Gasteiger partial charge in [0.05, 0.1) is 6.26 Å². The molecule has 0 radical (unpaired) electrons. The Bertz CT molecular complexity index is 209. The van der Waals surface area contributed by atoms with Crippen molar-refractivity contribution < 1.29 is 8.42 Å². The van der Waals surface area contributed by atoms with Gasteiger partial charge in [0.15, 0.2) is 0 Å². The second kappa shape index (κ2) is 3.51. The third-order valence-corrected chi connectivity index (χ3v) is 2.00. The Balaban J connectivity index is 4.13. The minimum absolute atomic E-state index is 0.414. The number of likely N-dealkylation sites (N-methyl/N-ethyl adjacent to an activating group) is 1. The van der Waals surface area contributed by atoms with Crippen LogP contribution in [0.1, 0.15) is 13.8 Å². The summed E-state index contributed by atoms with van der Waals surface area (Å²) < 4.78 is 24.1. The molecule has 0 saturated carbocycles. The van der Waals surface area contributed by atoms with Crippen molar-refractivity contribution in [1.82, 2.24) is 10.0 Å². The summed E-state index contributed by atoms with van der Waals surface area (Å²) in [4.78, 5) is 0. The zero-order chi connectivity index (χ0) is 9.12. The average molecular weight is 180 g/mol. The van der Waals surface area contributed by atoms with E-state index in [4.69, 9.17) is 0 Å². The van der Waals surface area contributed by atoms with E-state index >= 15 is 0 Å². The first-order valence-corrected chi connectivity index (χ1v) is 5.29. The fraction of sp³-hybridized carbons (Fsp3) is 1.00. The lowest BCUT2D eigenvalue weighted by atomic mass is 10.1. The molecule has 0 rings (SSSR count). The highest BCUT2D eigenvalue weighted by atomic mass is 32.2. The Kier molecular flexibility index (Phi) is 3.47. The molecule has 0 spiro atoms. The maximum Gasteiger partial charge on any atom is 0.209 e. The van der Waals surface area contributed by atoms with Gasteiger partial charge in [0.25, 0.3) is 0 Å². The Morgan fingerprint density at radius 2 is 1.82 bits per heavy atom. The molecule has 0 unspecified atom stereocenters. The lowest BCUT2D eigenvalue weighted by molar-refractivity contribution is 0.437. The molecule has 0 aliphatic rings. The van der Waals surface area contributed by atoms with Crippen molar-refractivity contribution in [1.29, 1.82) is 0 Å². The van der Waals surface area contributed by atoms with E-state index in [-0.39, 0.29) is 0 Å². The highest BCUT2D eigenvalue weighted by Gasteiger charge is 2.20. The van der Waals surface area contributed by atoms with Gasteiger partial charge in [-0.15, -0.1) is 0 Å². The zero-order valence-electron chi connectivity index (χ0n) is 7.43. The van der Waals surface area contributed by atoms with Crippen LogP contribution in [-0.2, 0) is 10.0 Å². The van der Waals surface area contributed by atoms with Crippen molar-refractivity contribution in [3.05, 3.63) is 0 Å². The summed E-state index contributed by atoms with van der Waals surface area (Å²) >= 11 is 0. The highest BCUT2D eigenvalue weighted by molar-refractivity contribution is 7.88. The lowest BCUT2D eigenvalue weighted by Crippen LogP contribution is -2.49. The van der Waals surface area contributed by atoms with Crippen LogP contribution in [0.3, 0.4) is 0 Å². The van der Waals surface area contributed by atoms with E-state index in [1.807, 2.05) is 13.8 Å². The fourth-order valence-corrected chi connectivity index (χ4v) is 2.06. The van der Waals surface area contributed by atoms with Crippen molar-refractivity contribution in [2.45, 2.75) is 19.4 Å². The van der Waals surface area contributed by atoms with E-state index < -0.39 is 15.6 Å². The summed E-state index contributed by atoms with van der Waals surface area (Å²) in [5.74, 6) is 0. The topological polar surface area (TPSA) is 58.2 Å². The standard InChI is InChI=1S/C6H16N2O2S/c1-6(2,5-7-3)8-11(4,9)10/h7-8H,5H2,1-4H3. The molecule has 0 atom stereocenters. The molecular formula is C6H16N2O2S. The quantitative estimate of drug-likeness (QED) is 0.615. The normalized spacial score (nSPS) is 13.5. The van der Waals surface area contributed by atoms with Crippen LogP contribution >= 0.6 is 0 Å². The summed E-state index contributed by atoms with van der Waals surface area (Å²) in [6.45, 7) is 4.26. The first-order valence-electron chi connectivity index (χ1n) is 3.40. The molecular weight excluding hydrogens is 164 g/mol. The smallest absolute Gasteiger partial charge is 0.209 e. The lowest BCUT2D eigenvalue weighted by Gasteiger charge is -2.24. The Morgan fingerprint density at radius 1 is 1.36 bits per heavy atom. The van der Waals surface area contributed by atoms with Gasteiger partial charge in [-0.25, -0.2) is 13.1 Å². The minimum Gasteiger partial charge on any atom is -0.318 e.